The van der Waals surface area contributed by atoms with E-state index in [1.807, 2.05) is 0 Å². The summed E-state index contributed by atoms with van der Waals surface area (Å²) in [6.45, 7) is 3.29. The number of rotatable bonds is 3. The van der Waals surface area contributed by atoms with Gasteiger partial charge in [0.1, 0.15) is 5.54 Å². The molecule has 0 atom stereocenters. The maximum absolute atomic E-state index is 11.0. The number of hydrogen-bond donors (Lipinski definition) is 2. The standard InChI is InChI=1S/C8H11ClN4O/c1-8(2,6(10)14)13-7-11-3-5(9)4-12-7/h3-4H,1-2H3,(H2,10,14)(H,11,12,13). The van der Waals surface area contributed by atoms with Crippen LogP contribution in [0, 0.1) is 0 Å². The van der Waals surface area contributed by atoms with Crippen LogP contribution in [-0.2, 0) is 4.79 Å². The molecular weight excluding hydrogens is 204 g/mol. The van der Waals surface area contributed by atoms with E-state index in [9.17, 15) is 4.79 Å². The number of carbonyl (C=O) groups is 1. The second kappa shape index (κ2) is 3.79. The van der Waals surface area contributed by atoms with E-state index in [-0.39, 0.29) is 0 Å². The van der Waals surface area contributed by atoms with Crippen LogP contribution in [0.2, 0.25) is 5.02 Å². The number of amides is 1. The smallest absolute Gasteiger partial charge is 0.242 e. The summed E-state index contributed by atoms with van der Waals surface area (Å²) in [6.07, 6.45) is 2.88. The Bertz CT molecular complexity index is 336. The SMILES string of the molecule is CC(C)(Nc1ncc(Cl)cn1)C(N)=O. The van der Waals surface area contributed by atoms with Crippen molar-refractivity contribution in [2.24, 2.45) is 5.73 Å². The van der Waals surface area contributed by atoms with Crippen molar-refractivity contribution in [3.05, 3.63) is 17.4 Å². The van der Waals surface area contributed by atoms with Crippen molar-refractivity contribution < 1.29 is 4.79 Å². The van der Waals surface area contributed by atoms with Gasteiger partial charge in [0.25, 0.3) is 0 Å². The Morgan fingerprint density at radius 2 is 2.00 bits per heavy atom. The number of carbonyl (C=O) groups excluding carboxylic acids is 1. The number of nitrogens with zero attached hydrogens (tertiary/aromatic N) is 2. The quantitative estimate of drug-likeness (QED) is 0.780. The third-order valence-corrected chi connectivity index (χ3v) is 1.86. The van der Waals surface area contributed by atoms with E-state index >= 15 is 0 Å². The van der Waals surface area contributed by atoms with Gasteiger partial charge < -0.3 is 11.1 Å². The molecule has 0 bridgehead atoms. The van der Waals surface area contributed by atoms with Gasteiger partial charge in [-0.15, -0.1) is 0 Å². The van der Waals surface area contributed by atoms with Gasteiger partial charge in [0.15, 0.2) is 0 Å². The zero-order valence-corrected chi connectivity index (χ0v) is 8.67. The molecule has 0 saturated carbocycles. The van der Waals surface area contributed by atoms with Crippen LogP contribution in [0.4, 0.5) is 5.95 Å². The predicted molar refractivity (Wildman–Crippen MR) is 53.9 cm³/mol. The molecule has 5 nitrogen and oxygen atoms in total. The number of primary amides is 1. The topological polar surface area (TPSA) is 80.9 Å². The first-order chi connectivity index (χ1) is 6.42. The maximum atomic E-state index is 11.0. The summed E-state index contributed by atoms with van der Waals surface area (Å²) < 4.78 is 0. The predicted octanol–water partition coefficient (Wildman–Crippen LogP) is 0.806. The molecule has 6 heteroatoms. The lowest BCUT2D eigenvalue weighted by Crippen LogP contribution is -2.45. The summed E-state index contributed by atoms with van der Waals surface area (Å²) in [5.41, 5.74) is 4.28. The van der Waals surface area contributed by atoms with Crippen LogP contribution in [0.1, 0.15) is 13.8 Å². The number of aromatic nitrogens is 2. The van der Waals surface area contributed by atoms with Gasteiger partial charge in [0.2, 0.25) is 11.9 Å². The highest BCUT2D eigenvalue weighted by Gasteiger charge is 2.25. The molecule has 3 N–H and O–H groups in total. The fourth-order valence-corrected chi connectivity index (χ4v) is 0.816. The highest BCUT2D eigenvalue weighted by molar-refractivity contribution is 6.30. The Labute approximate surface area is 86.7 Å². The fraction of sp³-hybridized carbons (Fsp3) is 0.375. The molecule has 1 amide bonds. The molecule has 0 fully saturated rings. The minimum absolute atomic E-state index is 0.318. The van der Waals surface area contributed by atoms with Crippen LogP contribution in [0.25, 0.3) is 0 Å². The first-order valence-electron chi connectivity index (χ1n) is 3.97. The summed E-state index contributed by atoms with van der Waals surface area (Å²) in [6, 6.07) is 0. The van der Waals surface area contributed by atoms with Crippen molar-refractivity contribution in [3.63, 3.8) is 0 Å². The van der Waals surface area contributed by atoms with Crippen LogP contribution in [0.15, 0.2) is 12.4 Å². The zero-order chi connectivity index (χ0) is 10.8. The van der Waals surface area contributed by atoms with Crippen LogP contribution in [0.5, 0.6) is 0 Å². The molecule has 1 aromatic heterocycles. The van der Waals surface area contributed by atoms with Gasteiger partial charge in [-0.3, -0.25) is 4.79 Å². The highest BCUT2D eigenvalue weighted by atomic mass is 35.5. The molecule has 1 rings (SSSR count). The molecule has 0 aliphatic carbocycles. The molecule has 1 heterocycles. The van der Waals surface area contributed by atoms with E-state index in [0.717, 1.165) is 0 Å². The number of nitrogens with one attached hydrogen (secondary N) is 1. The van der Waals surface area contributed by atoms with Gasteiger partial charge >= 0.3 is 0 Å². The van der Waals surface area contributed by atoms with E-state index in [2.05, 4.69) is 15.3 Å². The van der Waals surface area contributed by atoms with Gasteiger partial charge in [-0.2, -0.15) is 0 Å². The molecule has 0 aromatic carbocycles. The summed E-state index contributed by atoms with van der Waals surface area (Å²) in [5, 5.41) is 3.23. The Hall–Kier alpha value is -1.36. The van der Waals surface area contributed by atoms with E-state index in [4.69, 9.17) is 17.3 Å². The third kappa shape index (κ3) is 2.56. The van der Waals surface area contributed by atoms with Crippen LogP contribution in [-0.4, -0.2) is 21.4 Å². The van der Waals surface area contributed by atoms with E-state index in [1.165, 1.54) is 12.4 Å². The van der Waals surface area contributed by atoms with Crippen LogP contribution in [0.3, 0.4) is 0 Å². The summed E-state index contributed by atoms with van der Waals surface area (Å²) in [4.78, 5) is 18.7. The average molecular weight is 215 g/mol. The molecule has 0 aliphatic heterocycles. The molecule has 0 radical (unpaired) electrons. The number of nitrogens with two attached hydrogens (primary N) is 1. The van der Waals surface area contributed by atoms with Gasteiger partial charge in [-0.25, -0.2) is 9.97 Å². The maximum Gasteiger partial charge on any atom is 0.242 e. The molecular formula is C8H11ClN4O. The number of halogens is 1. The van der Waals surface area contributed by atoms with Gasteiger partial charge in [0, 0.05) is 0 Å². The van der Waals surface area contributed by atoms with E-state index < -0.39 is 11.4 Å². The van der Waals surface area contributed by atoms with Crippen molar-refractivity contribution in [1.29, 1.82) is 0 Å². The fourth-order valence-electron chi connectivity index (χ4n) is 0.718. The molecule has 76 valence electrons. The Morgan fingerprint density at radius 1 is 1.50 bits per heavy atom. The molecule has 0 spiro atoms. The molecule has 0 saturated heterocycles. The van der Waals surface area contributed by atoms with Crippen molar-refractivity contribution in [3.8, 4) is 0 Å². The van der Waals surface area contributed by atoms with Gasteiger partial charge in [-0.05, 0) is 13.8 Å². The first kappa shape index (κ1) is 10.7. The van der Waals surface area contributed by atoms with Gasteiger partial charge in [-0.1, -0.05) is 11.6 Å². The Balaban J connectivity index is 2.79. The Kier molecular flexibility index (Phi) is 2.90. The number of hydrogen-bond acceptors (Lipinski definition) is 4. The summed E-state index contributed by atoms with van der Waals surface area (Å²) in [5.74, 6) is -0.158. The third-order valence-electron chi connectivity index (χ3n) is 1.66. The average Bonchev–Trinajstić information content (AvgIpc) is 2.08. The number of anilines is 1. The lowest BCUT2D eigenvalue weighted by atomic mass is 10.1. The minimum Gasteiger partial charge on any atom is -0.368 e. The van der Waals surface area contributed by atoms with E-state index in [1.54, 1.807) is 13.8 Å². The first-order valence-corrected chi connectivity index (χ1v) is 4.35. The monoisotopic (exact) mass is 214 g/mol. The lowest BCUT2D eigenvalue weighted by Gasteiger charge is -2.21. The lowest BCUT2D eigenvalue weighted by molar-refractivity contribution is -0.121. The van der Waals surface area contributed by atoms with Crippen molar-refractivity contribution in [2.75, 3.05) is 5.32 Å². The molecule has 14 heavy (non-hydrogen) atoms. The molecule has 0 unspecified atom stereocenters. The zero-order valence-electron chi connectivity index (χ0n) is 7.91. The minimum atomic E-state index is -0.881. The molecule has 0 aliphatic rings. The van der Waals surface area contributed by atoms with Crippen molar-refractivity contribution in [2.45, 2.75) is 19.4 Å². The van der Waals surface area contributed by atoms with Crippen molar-refractivity contribution in [1.82, 2.24) is 9.97 Å². The normalized spacial score (nSPS) is 11.1. The summed E-state index contributed by atoms with van der Waals surface area (Å²) in [7, 11) is 0. The van der Waals surface area contributed by atoms with E-state index in [0.29, 0.717) is 11.0 Å². The molecule has 1 aromatic rings. The van der Waals surface area contributed by atoms with Crippen LogP contribution >= 0.6 is 11.6 Å². The highest BCUT2D eigenvalue weighted by Crippen LogP contribution is 2.11. The van der Waals surface area contributed by atoms with Crippen LogP contribution < -0.4 is 11.1 Å². The Morgan fingerprint density at radius 3 is 2.43 bits per heavy atom. The van der Waals surface area contributed by atoms with Gasteiger partial charge in [0.05, 0.1) is 17.4 Å². The second-order valence-electron chi connectivity index (χ2n) is 3.34. The van der Waals surface area contributed by atoms with Crippen molar-refractivity contribution >= 4 is 23.5 Å². The second-order valence-corrected chi connectivity index (χ2v) is 3.78. The summed E-state index contributed by atoms with van der Waals surface area (Å²) >= 11 is 5.60. The largest absolute Gasteiger partial charge is 0.368 e.